The number of nitrogens with zero attached hydrogens (tertiary/aromatic N) is 2. The maximum Gasteiger partial charge on any atom is 0.407 e. The first-order valence-electron chi connectivity index (χ1n) is 12.7. The highest BCUT2D eigenvalue weighted by atomic mass is 32.1. The predicted octanol–water partition coefficient (Wildman–Crippen LogP) is 5.58. The van der Waals surface area contributed by atoms with Crippen molar-refractivity contribution in [2.75, 3.05) is 33.2 Å². The molecule has 35 heavy (non-hydrogen) atoms. The number of hydrogen-bond donors (Lipinski definition) is 1. The van der Waals surface area contributed by atoms with Crippen LogP contribution >= 0.6 is 11.3 Å². The van der Waals surface area contributed by atoms with Crippen LogP contribution in [0.4, 0.5) is 4.79 Å². The number of thiophene rings is 1. The van der Waals surface area contributed by atoms with Crippen molar-refractivity contribution in [2.24, 2.45) is 0 Å². The van der Waals surface area contributed by atoms with Gasteiger partial charge in [-0.1, -0.05) is 18.2 Å². The Bertz CT molecular complexity index is 1080. The molecule has 0 bridgehead atoms. The van der Waals surface area contributed by atoms with Gasteiger partial charge in [0, 0.05) is 18.0 Å². The monoisotopic (exact) mass is 497 g/mol. The average Bonchev–Trinajstić information content (AvgIpc) is 3.39. The third kappa shape index (κ3) is 6.25. The molecular formula is C28H39N3O3S. The minimum Gasteiger partial charge on any atom is -0.444 e. The Balaban J connectivity index is 1.42. The summed E-state index contributed by atoms with van der Waals surface area (Å²) in [4.78, 5) is 31.6. The van der Waals surface area contributed by atoms with Crippen LogP contribution < -0.4 is 5.32 Å². The van der Waals surface area contributed by atoms with Crippen molar-refractivity contribution in [3.05, 3.63) is 45.8 Å². The van der Waals surface area contributed by atoms with Gasteiger partial charge in [-0.25, -0.2) is 4.79 Å². The second kappa shape index (κ2) is 10.3. The normalized spacial score (nSPS) is 19.7. The molecule has 6 nitrogen and oxygen atoms in total. The van der Waals surface area contributed by atoms with Crippen molar-refractivity contribution >= 4 is 23.3 Å². The first-order valence-corrected chi connectivity index (χ1v) is 13.5. The van der Waals surface area contributed by atoms with E-state index in [2.05, 4.69) is 48.5 Å². The molecule has 190 valence electrons. The smallest absolute Gasteiger partial charge is 0.407 e. The maximum absolute atomic E-state index is 13.3. The molecule has 2 aliphatic heterocycles. The Hall–Kier alpha value is -2.38. The summed E-state index contributed by atoms with van der Waals surface area (Å²) in [7, 11) is 2.20. The number of benzene rings is 1. The van der Waals surface area contributed by atoms with E-state index in [1.165, 1.54) is 29.5 Å². The number of carbonyl (C=O) groups is 2. The summed E-state index contributed by atoms with van der Waals surface area (Å²) in [5.74, 6) is 0.687. The SMILES string of the molecule is Cc1cc(-c2cc(C)c(C(=O)N3CC[C@H](NC(=O)OC(C)(C)C)C3)s2)ccc1C1CCN(C)CC1. The molecule has 0 aliphatic carbocycles. The van der Waals surface area contributed by atoms with E-state index < -0.39 is 11.7 Å². The molecule has 0 unspecified atom stereocenters. The summed E-state index contributed by atoms with van der Waals surface area (Å²) < 4.78 is 5.36. The Morgan fingerprint density at radius 3 is 2.40 bits per heavy atom. The average molecular weight is 498 g/mol. The zero-order valence-corrected chi connectivity index (χ0v) is 22.8. The Kier molecular flexibility index (Phi) is 7.57. The van der Waals surface area contributed by atoms with Crippen LogP contribution in [0.25, 0.3) is 10.4 Å². The van der Waals surface area contributed by atoms with Crippen molar-refractivity contribution in [3.63, 3.8) is 0 Å². The lowest BCUT2D eigenvalue weighted by Gasteiger charge is -2.30. The molecule has 7 heteroatoms. The molecule has 0 spiro atoms. The minimum absolute atomic E-state index is 0.0481. The van der Waals surface area contributed by atoms with Crippen LogP contribution in [0, 0.1) is 13.8 Å². The van der Waals surface area contributed by atoms with Gasteiger partial charge in [-0.05, 0) is 108 Å². The molecule has 1 N–H and O–H groups in total. The molecule has 2 aromatic rings. The summed E-state index contributed by atoms with van der Waals surface area (Å²) in [6, 6.07) is 8.85. The fraction of sp³-hybridized carbons (Fsp3) is 0.571. The Labute approximate surface area is 213 Å². The van der Waals surface area contributed by atoms with Crippen LogP contribution in [0.3, 0.4) is 0 Å². The Morgan fingerprint density at radius 2 is 1.74 bits per heavy atom. The molecule has 2 aliphatic rings. The molecule has 1 aromatic carbocycles. The van der Waals surface area contributed by atoms with E-state index in [-0.39, 0.29) is 11.9 Å². The number of carbonyl (C=O) groups excluding carboxylic acids is 2. The van der Waals surface area contributed by atoms with Gasteiger partial charge in [-0.2, -0.15) is 0 Å². The van der Waals surface area contributed by atoms with Crippen LogP contribution in [0.1, 0.15) is 72.3 Å². The maximum atomic E-state index is 13.3. The highest BCUT2D eigenvalue weighted by Gasteiger charge is 2.31. The van der Waals surface area contributed by atoms with Gasteiger partial charge >= 0.3 is 6.09 Å². The molecule has 2 fully saturated rings. The predicted molar refractivity (Wildman–Crippen MR) is 142 cm³/mol. The number of ether oxygens (including phenoxy) is 1. The fourth-order valence-electron chi connectivity index (χ4n) is 5.12. The van der Waals surface area contributed by atoms with E-state index in [1.54, 1.807) is 11.3 Å². The largest absolute Gasteiger partial charge is 0.444 e. The van der Waals surface area contributed by atoms with E-state index >= 15 is 0 Å². The van der Waals surface area contributed by atoms with Crippen LogP contribution in [0.2, 0.25) is 0 Å². The summed E-state index contributed by atoms with van der Waals surface area (Å²) in [5.41, 5.74) is 4.46. The van der Waals surface area contributed by atoms with Gasteiger partial charge < -0.3 is 19.9 Å². The second-order valence-corrected chi connectivity index (χ2v) is 12.2. The lowest BCUT2D eigenvalue weighted by atomic mass is 9.86. The summed E-state index contributed by atoms with van der Waals surface area (Å²) in [6.07, 6.45) is 2.74. The van der Waals surface area contributed by atoms with Gasteiger partial charge in [0.1, 0.15) is 5.60 Å². The van der Waals surface area contributed by atoms with Gasteiger partial charge in [0.15, 0.2) is 0 Å². The number of rotatable bonds is 4. The number of piperidine rings is 1. The number of nitrogens with one attached hydrogen (secondary N) is 1. The number of hydrogen-bond acceptors (Lipinski definition) is 5. The van der Waals surface area contributed by atoms with Crippen molar-refractivity contribution in [3.8, 4) is 10.4 Å². The fourth-order valence-corrected chi connectivity index (χ4v) is 6.26. The zero-order valence-electron chi connectivity index (χ0n) is 21.9. The zero-order chi connectivity index (χ0) is 25.3. The minimum atomic E-state index is -0.535. The highest BCUT2D eigenvalue weighted by molar-refractivity contribution is 7.17. The van der Waals surface area contributed by atoms with Crippen LogP contribution in [0.5, 0.6) is 0 Å². The molecular weight excluding hydrogens is 458 g/mol. The third-order valence-corrected chi connectivity index (χ3v) is 8.30. The van der Waals surface area contributed by atoms with Crippen LogP contribution in [0.15, 0.2) is 24.3 Å². The standard InChI is InChI=1S/C28H39N3O3S/c1-18-15-21(7-8-23(18)20-9-12-30(6)13-10-20)24-16-19(2)25(35-24)26(32)31-14-11-22(17-31)29-27(33)34-28(3,4)5/h7-8,15-16,20,22H,9-14,17H2,1-6H3,(H,29,33)/t22-/m0/s1. The second-order valence-electron chi connectivity index (χ2n) is 11.2. The molecule has 0 radical (unpaired) electrons. The number of amides is 2. The summed E-state index contributed by atoms with van der Waals surface area (Å²) in [5, 5.41) is 2.90. The molecule has 3 heterocycles. The summed E-state index contributed by atoms with van der Waals surface area (Å²) >= 11 is 1.57. The van der Waals surface area contributed by atoms with Gasteiger partial charge in [0.2, 0.25) is 0 Å². The van der Waals surface area contributed by atoms with Crippen molar-refractivity contribution < 1.29 is 14.3 Å². The topological polar surface area (TPSA) is 61.9 Å². The third-order valence-electron chi connectivity index (χ3n) is 7.02. The van der Waals surface area contributed by atoms with Crippen molar-refractivity contribution in [1.82, 2.24) is 15.1 Å². The molecule has 1 atom stereocenters. The molecule has 1 aromatic heterocycles. The van der Waals surface area contributed by atoms with E-state index in [0.717, 1.165) is 34.8 Å². The molecule has 2 amide bonds. The van der Waals surface area contributed by atoms with E-state index in [9.17, 15) is 9.59 Å². The van der Waals surface area contributed by atoms with Crippen LogP contribution in [-0.2, 0) is 4.74 Å². The number of likely N-dealkylation sites (tertiary alicyclic amines) is 2. The van der Waals surface area contributed by atoms with Crippen LogP contribution in [-0.4, -0.2) is 66.7 Å². The van der Waals surface area contributed by atoms with E-state index in [4.69, 9.17) is 4.74 Å². The van der Waals surface area contributed by atoms with Gasteiger partial charge in [0.05, 0.1) is 10.9 Å². The lowest BCUT2D eigenvalue weighted by Crippen LogP contribution is -2.41. The molecule has 4 rings (SSSR count). The first kappa shape index (κ1) is 25.7. The highest BCUT2D eigenvalue weighted by Crippen LogP contribution is 2.36. The van der Waals surface area contributed by atoms with Crippen molar-refractivity contribution in [2.45, 2.75) is 71.4 Å². The van der Waals surface area contributed by atoms with Gasteiger partial charge in [0.25, 0.3) is 5.91 Å². The number of alkyl carbamates (subject to hydrolysis) is 1. The quantitative estimate of drug-likeness (QED) is 0.599. The summed E-state index contributed by atoms with van der Waals surface area (Å²) in [6.45, 7) is 13.2. The Morgan fingerprint density at radius 1 is 1.03 bits per heavy atom. The first-order chi connectivity index (χ1) is 16.5. The van der Waals surface area contributed by atoms with Crippen molar-refractivity contribution in [1.29, 1.82) is 0 Å². The van der Waals surface area contributed by atoms with E-state index in [1.807, 2.05) is 32.6 Å². The number of aryl methyl sites for hydroxylation is 2. The van der Waals surface area contributed by atoms with Gasteiger partial charge in [-0.15, -0.1) is 11.3 Å². The van der Waals surface area contributed by atoms with Gasteiger partial charge in [-0.3, -0.25) is 4.79 Å². The van der Waals surface area contributed by atoms with E-state index in [0.29, 0.717) is 19.0 Å². The lowest BCUT2D eigenvalue weighted by molar-refractivity contribution is 0.0502. The molecule has 0 saturated carbocycles. The molecule has 2 saturated heterocycles.